The molecular weight excluding hydrogens is 396 g/mol. The summed E-state index contributed by atoms with van der Waals surface area (Å²) in [4.78, 5) is 14.3. The summed E-state index contributed by atoms with van der Waals surface area (Å²) in [6.07, 6.45) is 3.87. The van der Waals surface area contributed by atoms with E-state index in [2.05, 4.69) is 80.5 Å². The highest BCUT2D eigenvalue weighted by molar-refractivity contribution is 5.61. The third kappa shape index (κ3) is 4.14. The molecule has 1 aliphatic heterocycles. The van der Waals surface area contributed by atoms with Gasteiger partial charge in [0, 0.05) is 51.2 Å². The van der Waals surface area contributed by atoms with Crippen LogP contribution in [0.1, 0.15) is 22.9 Å². The molecule has 6 heteroatoms. The molecule has 0 amide bonds. The molecule has 2 aromatic heterocycles. The number of hydrogen-bond acceptors (Lipinski definition) is 5. The van der Waals surface area contributed by atoms with Crippen molar-refractivity contribution in [2.24, 2.45) is 7.05 Å². The zero-order valence-electron chi connectivity index (χ0n) is 18.6. The van der Waals surface area contributed by atoms with Crippen molar-refractivity contribution in [1.29, 1.82) is 0 Å². The first kappa shape index (κ1) is 20.4. The Kier molecular flexibility index (Phi) is 5.69. The second kappa shape index (κ2) is 8.93. The first-order chi connectivity index (χ1) is 15.7. The molecule has 4 aromatic rings. The minimum atomic E-state index is 0.254. The van der Waals surface area contributed by atoms with E-state index in [0.717, 1.165) is 49.1 Å². The molecule has 162 valence electrons. The number of hydrogen-bond donors (Lipinski definition) is 0. The van der Waals surface area contributed by atoms with Crippen LogP contribution in [-0.2, 0) is 7.05 Å². The van der Waals surface area contributed by atoms with E-state index in [0.29, 0.717) is 0 Å². The Balaban J connectivity index is 1.35. The van der Waals surface area contributed by atoms with Crippen LogP contribution >= 0.6 is 0 Å². The number of rotatable bonds is 5. The van der Waals surface area contributed by atoms with Gasteiger partial charge in [-0.25, -0.2) is 9.97 Å². The summed E-state index contributed by atoms with van der Waals surface area (Å²) in [5, 5.41) is 4.45. The van der Waals surface area contributed by atoms with Crippen LogP contribution in [0.3, 0.4) is 0 Å². The summed E-state index contributed by atoms with van der Waals surface area (Å²) in [6, 6.07) is 23.8. The maximum Gasteiger partial charge on any atom is 0.225 e. The van der Waals surface area contributed by atoms with E-state index in [9.17, 15) is 0 Å². The zero-order valence-corrected chi connectivity index (χ0v) is 18.6. The van der Waals surface area contributed by atoms with Crippen molar-refractivity contribution in [3.05, 3.63) is 95.9 Å². The molecule has 1 fully saturated rings. The van der Waals surface area contributed by atoms with Gasteiger partial charge >= 0.3 is 0 Å². The fourth-order valence-corrected chi connectivity index (χ4v) is 4.57. The first-order valence-corrected chi connectivity index (χ1v) is 11.1. The van der Waals surface area contributed by atoms with Gasteiger partial charge in [0.25, 0.3) is 0 Å². The second-order valence-corrected chi connectivity index (χ2v) is 8.29. The largest absolute Gasteiger partial charge is 0.338 e. The molecule has 0 N–H and O–H groups in total. The highest BCUT2D eigenvalue weighted by atomic mass is 15.3. The topological polar surface area (TPSA) is 50.1 Å². The van der Waals surface area contributed by atoms with Crippen molar-refractivity contribution >= 4 is 5.95 Å². The van der Waals surface area contributed by atoms with Crippen LogP contribution in [0.15, 0.2) is 79.1 Å². The fourth-order valence-electron chi connectivity index (χ4n) is 4.57. The predicted molar refractivity (Wildman–Crippen MR) is 127 cm³/mol. The number of benzene rings is 2. The molecule has 6 nitrogen and oxygen atoms in total. The lowest BCUT2D eigenvalue weighted by molar-refractivity contribution is 0.211. The molecule has 0 aliphatic carbocycles. The zero-order chi connectivity index (χ0) is 21.9. The summed E-state index contributed by atoms with van der Waals surface area (Å²) < 4.78 is 1.83. The van der Waals surface area contributed by atoms with Crippen molar-refractivity contribution in [3.8, 4) is 11.3 Å². The number of anilines is 1. The van der Waals surface area contributed by atoms with E-state index in [4.69, 9.17) is 4.98 Å². The average Bonchev–Trinajstić information content (AvgIpc) is 3.19. The van der Waals surface area contributed by atoms with Crippen molar-refractivity contribution in [2.45, 2.75) is 13.0 Å². The minimum absolute atomic E-state index is 0.254. The van der Waals surface area contributed by atoms with E-state index >= 15 is 0 Å². The molecule has 0 unspecified atom stereocenters. The lowest BCUT2D eigenvalue weighted by Crippen LogP contribution is -2.48. The van der Waals surface area contributed by atoms with Gasteiger partial charge in [-0.2, -0.15) is 5.10 Å². The predicted octanol–water partition coefficient (Wildman–Crippen LogP) is 4.10. The SMILES string of the molecule is Cc1nn(C)cc1-c1ccnc(N2CCN(C(c3ccccc3)c3ccccc3)CC2)n1. The van der Waals surface area contributed by atoms with Crippen LogP contribution in [0.4, 0.5) is 5.95 Å². The lowest BCUT2D eigenvalue weighted by atomic mass is 9.96. The van der Waals surface area contributed by atoms with Gasteiger partial charge in [0.2, 0.25) is 5.95 Å². The number of piperazine rings is 1. The molecule has 1 saturated heterocycles. The van der Waals surface area contributed by atoms with Gasteiger partial charge in [-0.1, -0.05) is 60.7 Å². The molecule has 5 rings (SSSR count). The summed E-state index contributed by atoms with van der Waals surface area (Å²) in [5.74, 6) is 0.793. The molecule has 0 spiro atoms. The van der Waals surface area contributed by atoms with Gasteiger partial charge in [0.15, 0.2) is 0 Å². The van der Waals surface area contributed by atoms with Crippen molar-refractivity contribution in [2.75, 3.05) is 31.1 Å². The molecule has 0 bridgehead atoms. The third-order valence-electron chi connectivity index (χ3n) is 6.13. The van der Waals surface area contributed by atoms with E-state index in [1.165, 1.54) is 11.1 Å². The molecule has 3 heterocycles. The van der Waals surface area contributed by atoms with Gasteiger partial charge in [-0.3, -0.25) is 9.58 Å². The smallest absolute Gasteiger partial charge is 0.225 e. The van der Waals surface area contributed by atoms with Gasteiger partial charge < -0.3 is 4.90 Å². The Bertz CT molecular complexity index is 1120. The maximum atomic E-state index is 4.87. The van der Waals surface area contributed by atoms with Crippen LogP contribution < -0.4 is 4.90 Å². The molecule has 0 atom stereocenters. The van der Waals surface area contributed by atoms with Crippen LogP contribution in [0.5, 0.6) is 0 Å². The Morgan fingerprint density at radius 3 is 2.00 bits per heavy atom. The van der Waals surface area contributed by atoms with Gasteiger partial charge in [-0.05, 0) is 24.1 Å². The molecular formula is C26H28N6. The normalized spacial score (nSPS) is 14.8. The summed E-state index contributed by atoms with van der Waals surface area (Å²) in [6.45, 7) is 5.71. The Morgan fingerprint density at radius 2 is 1.44 bits per heavy atom. The fraction of sp³-hybridized carbons (Fsp3) is 0.269. The molecule has 0 saturated carbocycles. The van der Waals surface area contributed by atoms with E-state index < -0.39 is 0 Å². The standard InChI is InChI=1S/C26H28N6/c1-20-23(19-30(2)29-20)24-13-14-27-26(28-24)32-17-15-31(16-18-32)25(21-9-5-3-6-10-21)22-11-7-4-8-12-22/h3-14,19,25H,15-18H2,1-2H3. The summed E-state index contributed by atoms with van der Waals surface area (Å²) in [5.41, 5.74) is 5.63. The van der Waals surface area contributed by atoms with Crippen molar-refractivity contribution in [3.63, 3.8) is 0 Å². The van der Waals surface area contributed by atoms with Crippen LogP contribution in [0.25, 0.3) is 11.3 Å². The number of nitrogens with zero attached hydrogens (tertiary/aromatic N) is 6. The lowest BCUT2D eigenvalue weighted by Gasteiger charge is -2.39. The first-order valence-electron chi connectivity index (χ1n) is 11.1. The average molecular weight is 425 g/mol. The van der Waals surface area contributed by atoms with Crippen LogP contribution in [0.2, 0.25) is 0 Å². The maximum absolute atomic E-state index is 4.87. The molecule has 32 heavy (non-hydrogen) atoms. The quantitative estimate of drug-likeness (QED) is 0.483. The van der Waals surface area contributed by atoms with E-state index in [-0.39, 0.29) is 6.04 Å². The van der Waals surface area contributed by atoms with Crippen molar-refractivity contribution < 1.29 is 0 Å². The minimum Gasteiger partial charge on any atom is -0.338 e. The van der Waals surface area contributed by atoms with E-state index in [1.54, 1.807) is 0 Å². The highest BCUT2D eigenvalue weighted by Gasteiger charge is 2.27. The Morgan fingerprint density at radius 1 is 0.812 bits per heavy atom. The van der Waals surface area contributed by atoms with Crippen molar-refractivity contribution in [1.82, 2.24) is 24.6 Å². The van der Waals surface area contributed by atoms with Crippen LogP contribution in [-0.4, -0.2) is 50.8 Å². The highest BCUT2D eigenvalue weighted by Crippen LogP contribution is 2.30. The summed E-state index contributed by atoms with van der Waals surface area (Å²) >= 11 is 0. The molecule has 1 aliphatic rings. The number of aryl methyl sites for hydroxylation is 2. The van der Waals surface area contributed by atoms with Crippen LogP contribution in [0, 0.1) is 6.92 Å². The monoisotopic (exact) mass is 424 g/mol. The Labute approximate surface area is 189 Å². The summed E-state index contributed by atoms with van der Waals surface area (Å²) in [7, 11) is 1.94. The molecule has 2 aromatic carbocycles. The molecule has 0 radical (unpaired) electrons. The van der Waals surface area contributed by atoms with Gasteiger partial charge in [-0.15, -0.1) is 0 Å². The van der Waals surface area contributed by atoms with Gasteiger partial charge in [0.05, 0.1) is 17.4 Å². The van der Waals surface area contributed by atoms with E-state index in [1.807, 2.05) is 37.1 Å². The van der Waals surface area contributed by atoms with Gasteiger partial charge in [0.1, 0.15) is 0 Å². The second-order valence-electron chi connectivity index (χ2n) is 8.29. The Hall–Kier alpha value is -3.51. The third-order valence-corrected chi connectivity index (χ3v) is 6.13. The number of aromatic nitrogens is 4.